The summed E-state index contributed by atoms with van der Waals surface area (Å²) in [6, 6.07) is 7.93. The fourth-order valence-corrected chi connectivity index (χ4v) is 3.28. The summed E-state index contributed by atoms with van der Waals surface area (Å²) in [6.07, 6.45) is 5.33. The molecule has 0 bridgehead atoms. The zero-order chi connectivity index (χ0) is 16.7. The molecule has 0 saturated carbocycles. The smallest absolute Gasteiger partial charge is 0.240 e. The van der Waals surface area contributed by atoms with E-state index in [0.29, 0.717) is 11.4 Å². The lowest BCUT2D eigenvalue weighted by molar-refractivity contribution is 0.996. The van der Waals surface area contributed by atoms with Crippen molar-refractivity contribution in [2.45, 2.75) is 0 Å². The number of hydrogen-bond acceptors (Lipinski definition) is 5. The summed E-state index contributed by atoms with van der Waals surface area (Å²) in [5.74, 6) is 0.126. The van der Waals surface area contributed by atoms with E-state index < -0.39 is 0 Å². The molecule has 3 aromatic heterocycles. The molecule has 1 aromatic carbocycles. The first-order valence-electron chi connectivity index (χ1n) is 7.00. The first-order valence-corrected chi connectivity index (χ1v) is 8.58. The topological polar surface area (TPSA) is 93.4 Å². The van der Waals surface area contributed by atoms with Gasteiger partial charge in [-0.15, -0.1) is 10.2 Å². The van der Waals surface area contributed by atoms with Crippen LogP contribution in [0.25, 0.3) is 33.4 Å². The van der Waals surface area contributed by atoms with Crippen molar-refractivity contribution in [1.82, 2.24) is 25.1 Å². The Morgan fingerprint density at radius 1 is 0.958 bits per heavy atom. The van der Waals surface area contributed by atoms with E-state index in [9.17, 15) is 0 Å². The highest BCUT2D eigenvalue weighted by Crippen LogP contribution is 2.35. The van der Waals surface area contributed by atoms with Gasteiger partial charge in [-0.2, -0.15) is 0 Å². The minimum absolute atomic E-state index is 0.126. The highest BCUT2D eigenvalue weighted by Gasteiger charge is 2.17. The zero-order valence-electron chi connectivity index (χ0n) is 12.2. The molecule has 0 aliphatic rings. The Morgan fingerprint density at radius 3 is 2.67 bits per heavy atom. The van der Waals surface area contributed by atoms with E-state index >= 15 is 0 Å². The molecule has 0 aliphatic carbocycles. The predicted molar refractivity (Wildman–Crippen MR) is 100 cm³/mol. The van der Waals surface area contributed by atoms with Gasteiger partial charge in [0.1, 0.15) is 11.4 Å². The average molecular weight is 446 g/mol. The number of halogens is 2. The van der Waals surface area contributed by atoms with Crippen LogP contribution in [0.4, 0.5) is 5.95 Å². The van der Waals surface area contributed by atoms with Crippen molar-refractivity contribution in [3.8, 4) is 22.5 Å². The SMILES string of the molecule is Nc1nnc(-c2cncc(Br)c2)c(-c2c[nH]c3ccc(Br)cc23)n1. The van der Waals surface area contributed by atoms with Crippen LogP contribution in [0.1, 0.15) is 0 Å². The molecule has 118 valence electrons. The normalized spacial score (nSPS) is 11.1. The molecule has 0 atom stereocenters. The number of nitrogen functional groups attached to an aromatic ring is 1. The van der Waals surface area contributed by atoms with Crippen LogP contribution in [-0.2, 0) is 0 Å². The fourth-order valence-electron chi connectivity index (χ4n) is 2.55. The predicted octanol–water partition coefficient (Wildman–Crippen LogP) is 4.19. The summed E-state index contributed by atoms with van der Waals surface area (Å²) in [5.41, 5.74) is 9.79. The van der Waals surface area contributed by atoms with Crippen molar-refractivity contribution in [3.05, 3.63) is 51.8 Å². The van der Waals surface area contributed by atoms with E-state index in [2.05, 4.69) is 57.0 Å². The number of fused-ring (bicyclic) bond motifs is 1. The monoisotopic (exact) mass is 444 g/mol. The maximum Gasteiger partial charge on any atom is 0.240 e. The Balaban J connectivity index is 2.00. The number of nitrogens with zero attached hydrogens (tertiary/aromatic N) is 4. The van der Waals surface area contributed by atoms with Gasteiger partial charge in [0.05, 0.1) is 0 Å². The van der Waals surface area contributed by atoms with E-state index in [1.165, 1.54) is 0 Å². The Bertz CT molecular complexity index is 1060. The van der Waals surface area contributed by atoms with Crippen LogP contribution >= 0.6 is 31.9 Å². The van der Waals surface area contributed by atoms with Crippen molar-refractivity contribution in [2.75, 3.05) is 5.73 Å². The molecular formula is C16H10Br2N6. The van der Waals surface area contributed by atoms with E-state index in [0.717, 1.165) is 31.0 Å². The van der Waals surface area contributed by atoms with Crippen LogP contribution in [0.2, 0.25) is 0 Å². The van der Waals surface area contributed by atoms with Crippen molar-refractivity contribution >= 4 is 48.7 Å². The summed E-state index contributed by atoms with van der Waals surface area (Å²) >= 11 is 6.94. The average Bonchev–Trinajstić information content (AvgIpc) is 2.97. The van der Waals surface area contributed by atoms with Gasteiger partial charge >= 0.3 is 0 Å². The van der Waals surface area contributed by atoms with Gasteiger partial charge in [0.2, 0.25) is 5.95 Å². The lowest BCUT2D eigenvalue weighted by atomic mass is 10.1. The second kappa shape index (κ2) is 5.95. The molecule has 4 aromatic rings. The summed E-state index contributed by atoms with van der Waals surface area (Å²) in [4.78, 5) is 11.9. The highest BCUT2D eigenvalue weighted by atomic mass is 79.9. The fraction of sp³-hybridized carbons (Fsp3) is 0. The van der Waals surface area contributed by atoms with Gasteiger partial charge in [-0.05, 0) is 40.2 Å². The van der Waals surface area contributed by atoms with E-state index in [1.807, 2.05) is 30.5 Å². The molecule has 3 heterocycles. The number of aromatic nitrogens is 5. The van der Waals surface area contributed by atoms with Gasteiger partial charge in [0, 0.05) is 49.6 Å². The van der Waals surface area contributed by atoms with Gasteiger partial charge < -0.3 is 10.7 Å². The standard InChI is InChI=1S/C16H10Br2N6/c17-9-1-2-13-11(4-9)12(7-21-13)15-14(23-24-16(19)22-15)8-3-10(18)6-20-5-8/h1-7,21H,(H2,19,22,24). The Kier molecular flexibility index (Phi) is 3.78. The molecule has 0 spiro atoms. The minimum Gasteiger partial charge on any atom is -0.366 e. The third kappa shape index (κ3) is 2.67. The summed E-state index contributed by atoms with van der Waals surface area (Å²) in [6.45, 7) is 0. The molecule has 0 radical (unpaired) electrons. The lowest BCUT2D eigenvalue weighted by Gasteiger charge is -2.07. The third-order valence-corrected chi connectivity index (χ3v) is 4.51. The van der Waals surface area contributed by atoms with Crippen LogP contribution in [0.15, 0.2) is 51.8 Å². The van der Waals surface area contributed by atoms with Crippen molar-refractivity contribution in [2.24, 2.45) is 0 Å². The maximum atomic E-state index is 5.79. The van der Waals surface area contributed by atoms with Gasteiger partial charge in [0.25, 0.3) is 0 Å². The molecular weight excluding hydrogens is 436 g/mol. The van der Waals surface area contributed by atoms with Crippen LogP contribution in [0.3, 0.4) is 0 Å². The third-order valence-electron chi connectivity index (χ3n) is 3.58. The number of nitrogens with one attached hydrogen (secondary N) is 1. The second-order valence-electron chi connectivity index (χ2n) is 5.15. The molecule has 0 aliphatic heterocycles. The molecule has 8 heteroatoms. The second-order valence-corrected chi connectivity index (χ2v) is 6.98. The Labute approximate surface area is 153 Å². The quantitative estimate of drug-likeness (QED) is 0.482. The molecule has 0 amide bonds. The number of aromatic amines is 1. The van der Waals surface area contributed by atoms with Gasteiger partial charge in [0.15, 0.2) is 0 Å². The molecule has 0 fully saturated rings. The Hall–Kier alpha value is -2.32. The van der Waals surface area contributed by atoms with Gasteiger partial charge in [-0.1, -0.05) is 15.9 Å². The molecule has 4 rings (SSSR count). The molecule has 3 N–H and O–H groups in total. The number of pyridine rings is 1. The number of H-pyrrole nitrogens is 1. The van der Waals surface area contributed by atoms with Crippen molar-refractivity contribution < 1.29 is 0 Å². The maximum absolute atomic E-state index is 5.79. The lowest BCUT2D eigenvalue weighted by Crippen LogP contribution is -2.02. The Morgan fingerprint density at radius 2 is 1.83 bits per heavy atom. The van der Waals surface area contributed by atoms with Crippen LogP contribution in [-0.4, -0.2) is 25.1 Å². The van der Waals surface area contributed by atoms with E-state index in [4.69, 9.17) is 5.73 Å². The molecule has 24 heavy (non-hydrogen) atoms. The van der Waals surface area contributed by atoms with Crippen LogP contribution in [0, 0.1) is 0 Å². The number of anilines is 1. The first kappa shape index (κ1) is 15.2. The number of rotatable bonds is 2. The minimum atomic E-state index is 0.126. The summed E-state index contributed by atoms with van der Waals surface area (Å²) < 4.78 is 1.84. The van der Waals surface area contributed by atoms with Gasteiger partial charge in [-0.25, -0.2) is 4.98 Å². The van der Waals surface area contributed by atoms with E-state index in [1.54, 1.807) is 12.4 Å². The van der Waals surface area contributed by atoms with Crippen molar-refractivity contribution in [3.63, 3.8) is 0 Å². The number of hydrogen-bond donors (Lipinski definition) is 2. The van der Waals surface area contributed by atoms with Crippen LogP contribution in [0.5, 0.6) is 0 Å². The number of benzene rings is 1. The van der Waals surface area contributed by atoms with Gasteiger partial charge in [-0.3, -0.25) is 4.98 Å². The highest BCUT2D eigenvalue weighted by molar-refractivity contribution is 9.10. The first-order chi connectivity index (χ1) is 11.6. The van der Waals surface area contributed by atoms with Crippen LogP contribution < -0.4 is 5.73 Å². The van der Waals surface area contributed by atoms with E-state index in [-0.39, 0.29) is 5.95 Å². The molecule has 0 unspecified atom stereocenters. The summed E-state index contributed by atoms with van der Waals surface area (Å²) in [5, 5.41) is 9.18. The van der Waals surface area contributed by atoms with Crippen molar-refractivity contribution in [1.29, 1.82) is 0 Å². The summed E-state index contributed by atoms with van der Waals surface area (Å²) in [7, 11) is 0. The molecule has 0 saturated heterocycles. The molecule has 6 nitrogen and oxygen atoms in total. The zero-order valence-corrected chi connectivity index (χ0v) is 15.3. The largest absolute Gasteiger partial charge is 0.366 e. The number of nitrogens with two attached hydrogens (primary N) is 1.